The Morgan fingerprint density at radius 2 is 2.14 bits per heavy atom. The summed E-state index contributed by atoms with van der Waals surface area (Å²) in [6.07, 6.45) is -1.67. The highest BCUT2D eigenvalue weighted by atomic mass is 35.6. The molecule has 0 aromatic carbocycles. The molecule has 1 fully saturated rings. The van der Waals surface area contributed by atoms with Crippen LogP contribution in [0.15, 0.2) is 0 Å². The summed E-state index contributed by atoms with van der Waals surface area (Å²) in [5.41, 5.74) is 0. The van der Waals surface area contributed by atoms with Gasteiger partial charge in [0, 0.05) is 0 Å². The molecule has 0 aromatic heterocycles. The molecule has 1 N–H and O–H groups in total. The van der Waals surface area contributed by atoms with Crippen LogP contribution in [0, 0.1) is 5.92 Å². The number of thiocarbonyl (C=S) groups is 1. The number of alkyl halides is 3. The second kappa shape index (κ2) is 9.03. The monoisotopic (exact) mass is 425 g/mol. The smallest absolute Gasteiger partial charge is 0.430 e. The Morgan fingerprint density at radius 3 is 2.64 bits per heavy atom. The van der Waals surface area contributed by atoms with E-state index in [0.717, 1.165) is 9.28 Å². The quantitative estimate of drug-likeness (QED) is 0.311. The molecule has 126 valence electrons. The molecule has 1 aliphatic rings. The van der Waals surface area contributed by atoms with Gasteiger partial charge in [0.1, 0.15) is 22.2 Å². The van der Waals surface area contributed by atoms with Crippen LogP contribution < -0.4 is 5.32 Å². The molecule has 1 rings (SSSR count). The number of nitrogens with one attached hydrogen (secondary N) is 1. The van der Waals surface area contributed by atoms with Crippen molar-refractivity contribution in [3.63, 3.8) is 0 Å². The lowest BCUT2D eigenvalue weighted by Crippen LogP contribution is -2.61. The van der Waals surface area contributed by atoms with Crippen LogP contribution in [0.3, 0.4) is 0 Å². The first-order valence-electron chi connectivity index (χ1n) is 6.18. The van der Waals surface area contributed by atoms with Gasteiger partial charge >= 0.3 is 6.16 Å². The van der Waals surface area contributed by atoms with Gasteiger partial charge in [-0.2, -0.15) is 0 Å². The number of amides is 1. The van der Waals surface area contributed by atoms with E-state index in [0.29, 0.717) is 0 Å². The number of rotatable bonds is 5. The summed E-state index contributed by atoms with van der Waals surface area (Å²) in [4.78, 5) is 23.1. The third-order valence-electron chi connectivity index (χ3n) is 2.54. The van der Waals surface area contributed by atoms with E-state index in [4.69, 9.17) is 51.8 Å². The van der Waals surface area contributed by atoms with Gasteiger partial charge in [-0.15, -0.1) is 11.8 Å². The van der Waals surface area contributed by atoms with E-state index in [-0.39, 0.29) is 11.3 Å². The Kier molecular flexibility index (Phi) is 8.39. The number of hydrogen-bond acceptors (Lipinski definition) is 7. The average molecular weight is 427 g/mol. The van der Waals surface area contributed by atoms with Crippen LogP contribution in [-0.4, -0.2) is 43.2 Å². The molecule has 1 heterocycles. The zero-order chi connectivity index (χ0) is 16.9. The second-order valence-corrected chi connectivity index (χ2v) is 10.4. The molecular weight excluding hydrogens is 413 g/mol. The van der Waals surface area contributed by atoms with Gasteiger partial charge in [-0.25, -0.2) is 4.79 Å². The maximum Gasteiger partial charge on any atom is 0.508 e. The van der Waals surface area contributed by atoms with Crippen LogP contribution in [0.2, 0.25) is 0 Å². The second-order valence-electron chi connectivity index (χ2n) is 4.23. The molecule has 5 nitrogen and oxygen atoms in total. The predicted molar refractivity (Wildman–Crippen MR) is 95.9 cm³/mol. The van der Waals surface area contributed by atoms with Gasteiger partial charge in [0.2, 0.25) is 9.70 Å². The molecule has 1 amide bonds. The first-order chi connectivity index (χ1) is 10.1. The van der Waals surface area contributed by atoms with Crippen molar-refractivity contribution in [1.29, 1.82) is 0 Å². The minimum absolute atomic E-state index is 0.205. The SMILES string of the molecule is CCSC(=S)S[C@@H]1NC(=O)[C@@H]1C(C)OC(=O)OCC(Cl)(Cl)Cl. The van der Waals surface area contributed by atoms with Crippen LogP contribution in [0.25, 0.3) is 0 Å². The highest BCUT2D eigenvalue weighted by molar-refractivity contribution is 8.47. The topological polar surface area (TPSA) is 64.6 Å². The first kappa shape index (κ1) is 20.4. The van der Waals surface area contributed by atoms with Crippen LogP contribution in [-0.2, 0) is 14.3 Å². The first-order valence-corrected chi connectivity index (χ1v) is 9.58. The van der Waals surface area contributed by atoms with Crippen molar-refractivity contribution in [3.05, 3.63) is 0 Å². The van der Waals surface area contributed by atoms with E-state index in [1.807, 2.05) is 6.92 Å². The molecule has 1 saturated heterocycles. The number of thioether (sulfide) groups is 2. The van der Waals surface area contributed by atoms with Crippen molar-refractivity contribution in [2.45, 2.75) is 29.1 Å². The number of carbonyl (C=O) groups excluding carboxylic acids is 2. The molecule has 0 radical (unpaired) electrons. The van der Waals surface area contributed by atoms with E-state index in [1.54, 1.807) is 6.92 Å². The van der Waals surface area contributed by atoms with Gasteiger partial charge in [-0.05, 0) is 12.7 Å². The van der Waals surface area contributed by atoms with Gasteiger partial charge < -0.3 is 14.8 Å². The molecule has 1 aliphatic heterocycles. The molecule has 22 heavy (non-hydrogen) atoms. The highest BCUT2D eigenvalue weighted by Gasteiger charge is 2.46. The summed E-state index contributed by atoms with van der Waals surface area (Å²) in [7, 11) is 0. The third-order valence-corrected chi connectivity index (χ3v) is 5.53. The minimum atomic E-state index is -1.71. The summed E-state index contributed by atoms with van der Waals surface area (Å²) < 4.78 is 8.71. The molecule has 0 bridgehead atoms. The van der Waals surface area contributed by atoms with Crippen molar-refractivity contribution >= 4 is 86.1 Å². The van der Waals surface area contributed by atoms with Gasteiger partial charge in [0.15, 0.2) is 0 Å². The predicted octanol–water partition coefficient (Wildman–Crippen LogP) is 3.74. The molecule has 11 heteroatoms. The Morgan fingerprint density at radius 1 is 1.50 bits per heavy atom. The Hall–Kier alpha value is 0.400. The molecule has 0 saturated carbocycles. The lowest BCUT2D eigenvalue weighted by Gasteiger charge is -2.38. The van der Waals surface area contributed by atoms with Gasteiger partial charge in [-0.3, -0.25) is 4.79 Å². The van der Waals surface area contributed by atoms with Crippen molar-refractivity contribution < 1.29 is 19.1 Å². The molecular formula is C11H14Cl3NO4S3. The highest BCUT2D eigenvalue weighted by Crippen LogP contribution is 2.34. The summed E-state index contributed by atoms with van der Waals surface area (Å²) in [5.74, 6) is 0.149. The summed E-state index contributed by atoms with van der Waals surface area (Å²) >= 11 is 24.4. The number of β-lactam (4-membered cyclic amide) rings is 1. The maximum absolute atomic E-state index is 11.7. The van der Waals surface area contributed by atoms with Crippen LogP contribution in [0.1, 0.15) is 13.8 Å². The fourth-order valence-corrected chi connectivity index (χ4v) is 4.46. The van der Waals surface area contributed by atoms with Crippen molar-refractivity contribution in [1.82, 2.24) is 5.32 Å². The normalized spacial score (nSPS) is 22.3. The molecule has 0 aliphatic carbocycles. The standard InChI is InChI=1S/C11H14Cl3NO4S3/c1-3-21-10(20)22-8-6(7(16)15-8)5(2)19-9(17)18-4-11(12,13)14/h5-6,8H,3-4H2,1-2H3,(H,15,16)/t5?,6-,8-/m0/s1. The number of ether oxygens (including phenoxy) is 2. The van der Waals surface area contributed by atoms with E-state index in [1.165, 1.54) is 23.5 Å². The summed E-state index contributed by atoms with van der Waals surface area (Å²) in [5, 5.41) is 2.49. The Bertz CT molecular complexity index is 447. The molecule has 3 atom stereocenters. The number of carbonyl (C=O) groups is 2. The van der Waals surface area contributed by atoms with Crippen LogP contribution in [0.4, 0.5) is 4.79 Å². The number of halogens is 3. The lowest BCUT2D eigenvalue weighted by atomic mass is 9.96. The molecule has 1 unspecified atom stereocenters. The fourth-order valence-electron chi connectivity index (χ4n) is 1.58. The zero-order valence-corrected chi connectivity index (χ0v) is 16.4. The Labute approximate surface area is 157 Å². The van der Waals surface area contributed by atoms with Gasteiger partial charge in [0.05, 0.1) is 5.37 Å². The number of hydrogen-bond donors (Lipinski definition) is 1. The maximum atomic E-state index is 11.7. The van der Waals surface area contributed by atoms with E-state index < -0.39 is 28.6 Å². The van der Waals surface area contributed by atoms with Crippen molar-refractivity contribution in [2.75, 3.05) is 12.4 Å². The summed E-state index contributed by atoms with van der Waals surface area (Å²) in [6.45, 7) is 3.15. The van der Waals surface area contributed by atoms with Crippen LogP contribution >= 0.6 is 70.5 Å². The van der Waals surface area contributed by atoms with Crippen molar-refractivity contribution in [3.8, 4) is 0 Å². The summed E-state index contributed by atoms with van der Waals surface area (Å²) in [6, 6.07) is 0. The fraction of sp³-hybridized carbons (Fsp3) is 0.727. The zero-order valence-electron chi connectivity index (χ0n) is 11.6. The minimum Gasteiger partial charge on any atom is -0.430 e. The van der Waals surface area contributed by atoms with Gasteiger partial charge in [-0.1, -0.05) is 65.7 Å². The lowest BCUT2D eigenvalue weighted by molar-refractivity contribution is -0.137. The van der Waals surface area contributed by atoms with E-state index in [2.05, 4.69) is 10.1 Å². The van der Waals surface area contributed by atoms with Crippen LogP contribution in [0.5, 0.6) is 0 Å². The third kappa shape index (κ3) is 6.88. The Balaban J connectivity index is 2.45. The average Bonchev–Trinajstić information content (AvgIpc) is 2.34. The molecule has 0 spiro atoms. The van der Waals surface area contributed by atoms with E-state index >= 15 is 0 Å². The van der Waals surface area contributed by atoms with E-state index in [9.17, 15) is 9.59 Å². The molecule has 0 aromatic rings. The van der Waals surface area contributed by atoms with Crippen molar-refractivity contribution in [2.24, 2.45) is 5.92 Å². The van der Waals surface area contributed by atoms with Gasteiger partial charge in [0.25, 0.3) is 0 Å². The largest absolute Gasteiger partial charge is 0.508 e.